The Kier molecular flexibility index (Phi) is 2.69. The van der Waals surface area contributed by atoms with Crippen molar-refractivity contribution in [1.29, 1.82) is 0 Å². The number of hydrogen-bond acceptors (Lipinski definition) is 2. The lowest BCUT2D eigenvalue weighted by Gasteiger charge is -2.09. The monoisotopic (exact) mass is 164 g/mol. The van der Waals surface area contributed by atoms with Crippen LogP contribution < -0.4 is 4.74 Å². The number of benzene rings is 1. The molecule has 3 nitrogen and oxygen atoms in total. The molecule has 1 rings (SSSR count). The van der Waals surface area contributed by atoms with Crippen LogP contribution in [0, 0.1) is 6.07 Å². The largest absolute Gasteiger partial charge is 0.414 e. The van der Waals surface area contributed by atoms with Crippen LogP contribution in [0.5, 0.6) is 5.75 Å². The van der Waals surface area contributed by atoms with Crippen molar-refractivity contribution in [1.82, 2.24) is 4.90 Å². The van der Waals surface area contributed by atoms with Gasteiger partial charge in [-0.3, -0.25) is 0 Å². The van der Waals surface area contributed by atoms with Gasteiger partial charge < -0.3 is 9.64 Å². The van der Waals surface area contributed by atoms with E-state index in [1.807, 2.05) is 0 Å². The van der Waals surface area contributed by atoms with Gasteiger partial charge in [0.2, 0.25) is 0 Å². The molecule has 0 bridgehead atoms. The van der Waals surface area contributed by atoms with Crippen molar-refractivity contribution in [2.75, 3.05) is 14.1 Å². The fourth-order valence-electron chi connectivity index (χ4n) is 0.632. The van der Waals surface area contributed by atoms with Crippen LogP contribution in [0.2, 0.25) is 0 Å². The van der Waals surface area contributed by atoms with E-state index in [4.69, 9.17) is 4.74 Å². The number of rotatable bonds is 1. The number of carbonyl (C=O) groups excluding carboxylic acids is 1. The van der Waals surface area contributed by atoms with Crippen molar-refractivity contribution in [3.63, 3.8) is 0 Å². The van der Waals surface area contributed by atoms with Gasteiger partial charge in [0.25, 0.3) is 0 Å². The topological polar surface area (TPSA) is 29.5 Å². The van der Waals surface area contributed by atoms with Gasteiger partial charge in [-0.2, -0.15) is 0 Å². The first-order valence-electron chi connectivity index (χ1n) is 3.55. The van der Waals surface area contributed by atoms with Crippen LogP contribution in [-0.2, 0) is 0 Å². The van der Waals surface area contributed by atoms with Crippen molar-refractivity contribution >= 4 is 6.09 Å². The third kappa shape index (κ3) is 2.27. The second kappa shape index (κ2) is 3.76. The third-order valence-electron chi connectivity index (χ3n) is 1.25. The molecule has 12 heavy (non-hydrogen) atoms. The lowest BCUT2D eigenvalue weighted by molar-refractivity contribution is 0.172. The Hall–Kier alpha value is -1.51. The van der Waals surface area contributed by atoms with Gasteiger partial charge in [-0.1, -0.05) is 12.1 Å². The van der Waals surface area contributed by atoms with E-state index in [9.17, 15) is 4.79 Å². The van der Waals surface area contributed by atoms with E-state index < -0.39 is 0 Å². The average molecular weight is 164 g/mol. The summed E-state index contributed by atoms with van der Waals surface area (Å²) in [7, 11) is 3.27. The standard InChI is InChI=1S/C9H10NO2/c1-10(2)9(11)12-8-6-4-3-5-7-8/h3-4,6-7H,1-2H3. The van der Waals surface area contributed by atoms with Gasteiger partial charge in [0, 0.05) is 14.1 Å². The maximum atomic E-state index is 11.0. The molecule has 1 radical (unpaired) electrons. The van der Waals surface area contributed by atoms with E-state index >= 15 is 0 Å². The SMILES string of the molecule is CN(C)C(=O)Oc1c[c]ccc1. The lowest BCUT2D eigenvalue weighted by Crippen LogP contribution is -2.25. The van der Waals surface area contributed by atoms with Gasteiger partial charge >= 0.3 is 6.09 Å². The fourth-order valence-corrected chi connectivity index (χ4v) is 0.632. The normalized spacial score (nSPS) is 9.17. The molecule has 0 aliphatic carbocycles. The predicted octanol–water partition coefficient (Wildman–Crippen LogP) is 1.55. The Balaban J connectivity index is 2.59. The molecule has 0 saturated carbocycles. The first kappa shape index (κ1) is 8.59. The van der Waals surface area contributed by atoms with Crippen molar-refractivity contribution in [3.8, 4) is 5.75 Å². The van der Waals surface area contributed by atoms with Gasteiger partial charge in [-0.05, 0) is 18.2 Å². The molecule has 0 aliphatic rings. The molecule has 0 heterocycles. The van der Waals surface area contributed by atoms with Crippen LogP contribution >= 0.6 is 0 Å². The number of carbonyl (C=O) groups is 1. The molecule has 0 aliphatic heterocycles. The van der Waals surface area contributed by atoms with Gasteiger partial charge in [0.05, 0.1) is 0 Å². The van der Waals surface area contributed by atoms with Gasteiger partial charge in [0.15, 0.2) is 0 Å². The second-order valence-corrected chi connectivity index (χ2v) is 2.50. The van der Waals surface area contributed by atoms with Crippen LogP contribution in [0.1, 0.15) is 0 Å². The summed E-state index contributed by atoms with van der Waals surface area (Å²) >= 11 is 0. The summed E-state index contributed by atoms with van der Waals surface area (Å²) in [5, 5.41) is 0. The molecule has 63 valence electrons. The first-order valence-corrected chi connectivity index (χ1v) is 3.55. The maximum Gasteiger partial charge on any atom is 0.414 e. The molecule has 0 atom stereocenters. The fraction of sp³-hybridized carbons (Fsp3) is 0.222. The molecule has 3 heteroatoms. The molecule has 1 amide bonds. The van der Waals surface area contributed by atoms with Crippen molar-refractivity contribution in [2.45, 2.75) is 0 Å². The molecule has 1 aromatic rings. The number of hydrogen-bond donors (Lipinski definition) is 0. The lowest BCUT2D eigenvalue weighted by atomic mass is 10.3. The number of nitrogens with zero attached hydrogens (tertiary/aromatic N) is 1. The highest BCUT2D eigenvalue weighted by Gasteiger charge is 2.04. The van der Waals surface area contributed by atoms with Crippen LogP contribution in [0.4, 0.5) is 4.79 Å². The Morgan fingerprint density at radius 1 is 1.58 bits per heavy atom. The highest BCUT2D eigenvalue weighted by molar-refractivity contribution is 5.69. The molecule has 0 aromatic heterocycles. The summed E-state index contributed by atoms with van der Waals surface area (Å²) < 4.78 is 4.93. The van der Waals surface area contributed by atoms with Crippen LogP contribution in [0.25, 0.3) is 0 Å². The molecule has 0 spiro atoms. The second-order valence-electron chi connectivity index (χ2n) is 2.50. The van der Waals surface area contributed by atoms with E-state index in [0.29, 0.717) is 5.75 Å². The minimum absolute atomic E-state index is 0.380. The highest BCUT2D eigenvalue weighted by Crippen LogP contribution is 2.08. The zero-order chi connectivity index (χ0) is 8.97. The maximum absolute atomic E-state index is 11.0. The molecule has 0 unspecified atom stereocenters. The molecule has 1 aromatic carbocycles. The van der Waals surface area contributed by atoms with E-state index in [1.165, 1.54) is 4.90 Å². The predicted molar refractivity (Wildman–Crippen MR) is 45.0 cm³/mol. The number of amides is 1. The summed E-state index contributed by atoms with van der Waals surface area (Å²) in [5.41, 5.74) is 0. The van der Waals surface area contributed by atoms with Crippen LogP contribution in [0.3, 0.4) is 0 Å². The Morgan fingerprint density at radius 3 is 2.83 bits per heavy atom. The van der Waals surface area contributed by atoms with Gasteiger partial charge in [-0.15, -0.1) is 0 Å². The molecule has 0 N–H and O–H groups in total. The van der Waals surface area contributed by atoms with Crippen molar-refractivity contribution in [2.24, 2.45) is 0 Å². The van der Waals surface area contributed by atoms with Crippen molar-refractivity contribution in [3.05, 3.63) is 30.3 Å². The summed E-state index contributed by atoms with van der Waals surface area (Å²) in [4.78, 5) is 12.4. The molecular formula is C9H10NO2. The molecule has 0 saturated heterocycles. The van der Waals surface area contributed by atoms with Crippen LogP contribution in [0.15, 0.2) is 24.3 Å². The zero-order valence-electron chi connectivity index (χ0n) is 7.07. The highest BCUT2D eigenvalue weighted by atomic mass is 16.6. The number of ether oxygens (including phenoxy) is 1. The molecule has 0 fully saturated rings. The first-order chi connectivity index (χ1) is 5.70. The summed E-state index contributed by atoms with van der Waals surface area (Å²) in [6.07, 6.45) is -0.380. The minimum Gasteiger partial charge on any atom is -0.410 e. The van der Waals surface area contributed by atoms with E-state index in [1.54, 1.807) is 38.4 Å². The average Bonchev–Trinajstić information content (AvgIpc) is 2.06. The van der Waals surface area contributed by atoms with Gasteiger partial charge in [0.1, 0.15) is 5.75 Å². The summed E-state index contributed by atoms with van der Waals surface area (Å²) in [6, 6.07) is 9.63. The van der Waals surface area contributed by atoms with Gasteiger partial charge in [-0.25, -0.2) is 4.79 Å². The molecular weight excluding hydrogens is 154 g/mol. The third-order valence-corrected chi connectivity index (χ3v) is 1.25. The smallest absolute Gasteiger partial charge is 0.410 e. The van der Waals surface area contributed by atoms with Crippen molar-refractivity contribution < 1.29 is 9.53 Å². The summed E-state index contributed by atoms with van der Waals surface area (Å²) in [6.45, 7) is 0. The van der Waals surface area contributed by atoms with E-state index in [0.717, 1.165) is 0 Å². The minimum atomic E-state index is -0.380. The van der Waals surface area contributed by atoms with E-state index in [2.05, 4.69) is 6.07 Å². The zero-order valence-corrected chi connectivity index (χ0v) is 7.07. The Labute approximate surface area is 71.6 Å². The van der Waals surface area contributed by atoms with E-state index in [-0.39, 0.29) is 6.09 Å². The Morgan fingerprint density at radius 2 is 2.33 bits per heavy atom. The quantitative estimate of drug-likeness (QED) is 0.630. The summed E-state index contributed by atoms with van der Waals surface area (Å²) in [5.74, 6) is 0.510. The Bertz CT molecular complexity index is 256. The van der Waals surface area contributed by atoms with Crippen LogP contribution in [-0.4, -0.2) is 25.1 Å².